The Hall–Kier alpha value is -3.70. The van der Waals surface area contributed by atoms with E-state index < -0.39 is 11.7 Å². The van der Waals surface area contributed by atoms with Crippen LogP contribution in [0.25, 0.3) is 17.0 Å². The maximum atomic E-state index is 12.8. The van der Waals surface area contributed by atoms with Crippen molar-refractivity contribution in [3.63, 3.8) is 0 Å². The number of halogens is 3. The van der Waals surface area contributed by atoms with E-state index in [1.807, 2.05) is 12.1 Å². The third-order valence-corrected chi connectivity index (χ3v) is 6.96. The number of aromatic nitrogens is 4. The molecule has 2 aliphatic rings. The molecule has 0 bridgehead atoms. The standard InChI is InChI=1S/C28H29F3N6O2/c29-28(30,31)21-8-12-32-24(14-21)17-39-18-26(38)37-13-9-23(16-37)36-22-5-2-19(3-6-22)25-7-4-20(15-35-25)27-33-10-1-11-34-27/h1-2,4,7-8,10-12,14-15,22-23,36H,3,5-6,9,13,16-18H2/t22?,23-/m0/s1. The summed E-state index contributed by atoms with van der Waals surface area (Å²) in [7, 11) is 0. The molecule has 39 heavy (non-hydrogen) atoms. The Bertz CT molecular complexity index is 1300. The number of nitrogens with one attached hydrogen (secondary N) is 1. The second-order valence-electron chi connectivity index (χ2n) is 9.72. The average Bonchev–Trinajstić information content (AvgIpc) is 3.42. The van der Waals surface area contributed by atoms with E-state index in [-0.39, 0.29) is 30.9 Å². The Kier molecular flexibility index (Phi) is 8.27. The number of alkyl halides is 3. The van der Waals surface area contributed by atoms with E-state index in [4.69, 9.17) is 4.74 Å². The summed E-state index contributed by atoms with van der Waals surface area (Å²) in [5.41, 5.74) is 2.43. The number of nitrogens with zero attached hydrogens (tertiary/aromatic N) is 5. The molecule has 1 aliphatic carbocycles. The van der Waals surface area contributed by atoms with Crippen LogP contribution in [0, 0.1) is 0 Å². The highest BCUT2D eigenvalue weighted by atomic mass is 19.4. The highest BCUT2D eigenvalue weighted by molar-refractivity contribution is 5.77. The highest BCUT2D eigenvalue weighted by Crippen LogP contribution is 2.29. The highest BCUT2D eigenvalue weighted by Gasteiger charge is 2.31. The monoisotopic (exact) mass is 538 g/mol. The fraction of sp³-hybridized carbons (Fsp3) is 0.393. The molecule has 0 saturated carbocycles. The van der Waals surface area contributed by atoms with Crippen molar-refractivity contribution in [3.05, 3.63) is 78.1 Å². The first-order chi connectivity index (χ1) is 18.8. The molecule has 4 heterocycles. The van der Waals surface area contributed by atoms with Crippen LogP contribution in [-0.2, 0) is 22.3 Å². The smallest absolute Gasteiger partial charge is 0.365 e. The van der Waals surface area contributed by atoms with E-state index in [0.717, 1.165) is 55.3 Å². The lowest BCUT2D eigenvalue weighted by Gasteiger charge is -2.26. The largest absolute Gasteiger partial charge is 0.416 e. The summed E-state index contributed by atoms with van der Waals surface area (Å²) in [4.78, 5) is 31.3. The van der Waals surface area contributed by atoms with Crippen molar-refractivity contribution in [2.45, 2.75) is 50.6 Å². The lowest BCUT2D eigenvalue weighted by Crippen LogP contribution is -2.42. The summed E-state index contributed by atoms with van der Waals surface area (Å²) in [6, 6.07) is 8.16. The normalized spacial score (nSPS) is 19.7. The van der Waals surface area contributed by atoms with Gasteiger partial charge in [-0.05, 0) is 61.6 Å². The molecule has 11 heteroatoms. The Labute approximate surface area is 224 Å². The van der Waals surface area contributed by atoms with Crippen molar-refractivity contribution in [1.29, 1.82) is 0 Å². The summed E-state index contributed by atoms with van der Waals surface area (Å²) in [5, 5.41) is 3.67. The molecule has 3 aromatic heterocycles. The minimum atomic E-state index is -4.44. The maximum Gasteiger partial charge on any atom is 0.416 e. The summed E-state index contributed by atoms with van der Waals surface area (Å²) in [5.74, 6) is 0.481. The van der Waals surface area contributed by atoms with Gasteiger partial charge in [0.2, 0.25) is 5.91 Å². The number of hydrogen-bond acceptors (Lipinski definition) is 7. The van der Waals surface area contributed by atoms with E-state index >= 15 is 0 Å². The van der Waals surface area contributed by atoms with Crippen LogP contribution < -0.4 is 5.32 Å². The van der Waals surface area contributed by atoms with Gasteiger partial charge in [0.25, 0.3) is 0 Å². The number of ether oxygens (including phenoxy) is 1. The molecule has 8 nitrogen and oxygen atoms in total. The molecule has 1 unspecified atom stereocenters. The second kappa shape index (κ2) is 12.0. The number of pyridine rings is 2. The summed E-state index contributed by atoms with van der Waals surface area (Å²) in [6.45, 7) is 0.862. The van der Waals surface area contributed by atoms with Gasteiger partial charge in [-0.3, -0.25) is 14.8 Å². The van der Waals surface area contributed by atoms with Crippen LogP contribution in [0.3, 0.4) is 0 Å². The van der Waals surface area contributed by atoms with Crippen molar-refractivity contribution >= 4 is 11.5 Å². The zero-order valence-electron chi connectivity index (χ0n) is 21.3. The molecule has 2 atom stereocenters. The second-order valence-corrected chi connectivity index (χ2v) is 9.72. The van der Waals surface area contributed by atoms with Crippen molar-refractivity contribution in [2.75, 3.05) is 19.7 Å². The van der Waals surface area contributed by atoms with E-state index in [2.05, 4.69) is 31.3 Å². The number of carbonyl (C=O) groups is 1. The first kappa shape index (κ1) is 26.9. The molecule has 1 N–H and O–H groups in total. The quantitative estimate of drug-likeness (QED) is 0.457. The molecule has 0 radical (unpaired) electrons. The topological polar surface area (TPSA) is 93.1 Å². The van der Waals surface area contributed by atoms with Crippen molar-refractivity contribution in [3.8, 4) is 11.4 Å². The molecule has 3 aromatic rings. The number of amides is 1. The predicted molar refractivity (Wildman–Crippen MR) is 138 cm³/mol. The lowest BCUT2D eigenvalue weighted by molar-refractivity contribution is -0.138. The van der Waals surface area contributed by atoms with Gasteiger partial charge >= 0.3 is 6.18 Å². The maximum absolute atomic E-state index is 12.8. The van der Waals surface area contributed by atoms with Crippen LogP contribution in [0.4, 0.5) is 13.2 Å². The van der Waals surface area contributed by atoms with Gasteiger partial charge < -0.3 is 15.0 Å². The number of allylic oxidation sites excluding steroid dienone is 1. The molecular weight excluding hydrogens is 509 g/mol. The van der Waals surface area contributed by atoms with Gasteiger partial charge in [0.05, 0.1) is 23.6 Å². The first-order valence-corrected chi connectivity index (χ1v) is 12.9. The van der Waals surface area contributed by atoms with Crippen LogP contribution in [0.2, 0.25) is 0 Å². The van der Waals surface area contributed by atoms with E-state index in [1.165, 1.54) is 5.57 Å². The minimum absolute atomic E-state index is 0.139. The average molecular weight is 539 g/mol. The van der Waals surface area contributed by atoms with Crippen molar-refractivity contribution < 1.29 is 22.7 Å². The molecule has 0 spiro atoms. The van der Waals surface area contributed by atoms with Gasteiger partial charge in [0, 0.05) is 55.5 Å². The summed E-state index contributed by atoms with van der Waals surface area (Å²) >= 11 is 0. The van der Waals surface area contributed by atoms with Crippen LogP contribution >= 0.6 is 0 Å². The summed E-state index contributed by atoms with van der Waals surface area (Å²) in [6.07, 6.45) is 7.74. The first-order valence-electron chi connectivity index (χ1n) is 12.9. The zero-order chi connectivity index (χ0) is 27.2. The van der Waals surface area contributed by atoms with E-state index in [9.17, 15) is 18.0 Å². The van der Waals surface area contributed by atoms with E-state index in [1.54, 1.807) is 29.6 Å². The van der Waals surface area contributed by atoms with Crippen LogP contribution in [0.15, 0.2) is 61.2 Å². The number of rotatable bonds is 8. The SMILES string of the molecule is O=C(COCc1cc(C(F)(F)F)ccn1)N1CC[C@H](NC2CC=C(c3ccc(-c4ncccn4)cn3)CC2)C1. The Morgan fingerprint density at radius 2 is 1.90 bits per heavy atom. The lowest BCUT2D eigenvalue weighted by atomic mass is 9.92. The third kappa shape index (κ3) is 7.04. The van der Waals surface area contributed by atoms with Gasteiger partial charge in [-0.25, -0.2) is 9.97 Å². The minimum Gasteiger partial charge on any atom is -0.365 e. The zero-order valence-corrected chi connectivity index (χ0v) is 21.3. The van der Waals surface area contributed by atoms with Gasteiger partial charge in [-0.15, -0.1) is 0 Å². The van der Waals surface area contributed by atoms with Gasteiger partial charge in [-0.1, -0.05) is 6.08 Å². The van der Waals surface area contributed by atoms with Gasteiger partial charge in [0.1, 0.15) is 6.61 Å². The van der Waals surface area contributed by atoms with Gasteiger partial charge in [-0.2, -0.15) is 13.2 Å². The number of carbonyl (C=O) groups excluding carboxylic acids is 1. The Balaban J connectivity index is 1.05. The van der Waals surface area contributed by atoms with Crippen LogP contribution in [0.5, 0.6) is 0 Å². The molecule has 0 aromatic carbocycles. The fourth-order valence-electron chi connectivity index (χ4n) is 4.91. The van der Waals surface area contributed by atoms with E-state index in [0.29, 0.717) is 25.0 Å². The third-order valence-electron chi connectivity index (χ3n) is 6.96. The number of hydrogen-bond donors (Lipinski definition) is 1. The fourth-order valence-corrected chi connectivity index (χ4v) is 4.91. The number of likely N-dealkylation sites (tertiary alicyclic amines) is 1. The molecular formula is C28H29F3N6O2. The molecule has 1 aliphatic heterocycles. The van der Waals surface area contributed by atoms with Crippen molar-refractivity contribution in [2.24, 2.45) is 0 Å². The molecule has 1 amide bonds. The molecule has 1 fully saturated rings. The molecule has 1 saturated heterocycles. The predicted octanol–water partition coefficient (Wildman–Crippen LogP) is 4.30. The Morgan fingerprint density at radius 3 is 2.62 bits per heavy atom. The van der Waals surface area contributed by atoms with Crippen LogP contribution in [0.1, 0.15) is 42.6 Å². The van der Waals surface area contributed by atoms with Gasteiger partial charge in [0.15, 0.2) is 5.82 Å². The Morgan fingerprint density at radius 1 is 1.05 bits per heavy atom. The summed E-state index contributed by atoms with van der Waals surface area (Å²) < 4.78 is 43.9. The molecule has 5 rings (SSSR count). The van der Waals surface area contributed by atoms with Crippen LogP contribution in [-0.4, -0.2) is 62.5 Å². The van der Waals surface area contributed by atoms with Crippen molar-refractivity contribution in [1.82, 2.24) is 30.2 Å². The molecule has 204 valence electrons.